The molecule has 0 atom stereocenters. The van der Waals surface area contributed by atoms with Crippen LogP contribution in [0.5, 0.6) is 0 Å². The molecule has 0 aliphatic heterocycles. The zero-order valence-corrected chi connectivity index (χ0v) is 12.3. The third-order valence-electron chi connectivity index (χ3n) is 2.57. The summed E-state index contributed by atoms with van der Waals surface area (Å²) in [5.41, 5.74) is 0.774. The molecule has 0 unspecified atom stereocenters. The highest BCUT2D eigenvalue weighted by atomic mass is 16.5. The van der Waals surface area contributed by atoms with Gasteiger partial charge < -0.3 is 15.4 Å². The average Bonchev–Trinajstić information content (AvgIpc) is 2.54. The molecule has 1 heterocycles. The Morgan fingerprint density at radius 1 is 1.50 bits per heavy atom. The normalized spacial score (nSPS) is 10.5. The Balaban J connectivity index is 2.39. The molecule has 0 saturated heterocycles. The van der Waals surface area contributed by atoms with Gasteiger partial charge in [-0.3, -0.25) is 14.6 Å². The van der Waals surface area contributed by atoms with Crippen molar-refractivity contribution in [1.29, 1.82) is 5.26 Å². The van der Waals surface area contributed by atoms with Crippen molar-refractivity contribution in [3.8, 4) is 6.07 Å². The fraction of sp³-hybridized carbons (Fsp3) is 0.333. The number of nitrogens with one attached hydrogen (secondary N) is 2. The van der Waals surface area contributed by atoms with Gasteiger partial charge in [0.25, 0.3) is 5.91 Å². The van der Waals surface area contributed by atoms with E-state index in [9.17, 15) is 9.59 Å². The van der Waals surface area contributed by atoms with Crippen LogP contribution in [0.1, 0.15) is 18.9 Å². The minimum atomic E-state index is -0.491. The summed E-state index contributed by atoms with van der Waals surface area (Å²) in [6.07, 6.45) is 4.73. The molecular formula is C15H18N4O3. The van der Waals surface area contributed by atoms with Crippen LogP contribution in [0.3, 0.4) is 0 Å². The van der Waals surface area contributed by atoms with Crippen molar-refractivity contribution in [3.05, 3.63) is 41.9 Å². The first-order chi connectivity index (χ1) is 10.7. The molecule has 0 fully saturated rings. The molecule has 0 aliphatic rings. The molecule has 2 N–H and O–H groups in total. The van der Waals surface area contributed by atoms with Gasteiger partial charge in [-0.25, -0.2) is 0 Å². The van der Waals surface area contributed by atoms with Gasteiger partial charge in [0.05, 0.1) is 13.0 Å². The summed E-state index contributed by atoms with van der Waals surface area (Å²) >= 11 is 0. The molecule has 7 nitrogen and oxygen atoms in total. The molecule has 0 bridgehead atoms. The Hall–Kier alpha value is -2.88. The molecule has 0 radical (unpaired) electrons. The predicted molar refractivity (Wildman–Crippen MR) is 79.0 cm³/mol. The molecule has 7 heteroatoms. The first-order valence-corrected chi connectivity index (χ1v) is 6.83. The maximum Gasteiger partial charge on any atom is 0.307 e. The average molecular weight is 302 g/mol. The smallest absolute Gasteiger partial charge is 0.307 e. The molecular weight excluding hydrogens is 284 g/mol. The van der Waals surface area contributed by atoms with Crippen molar-refractivity contribution in [2.24, 2.45) is 0 Å². The van der Waals surface area contributed by atoms with Gasteiger partial charge >= 0.3 is 5.97 Å². The van der Waals surface area contributed by atoms with Gasteiger partial charge in [0, 0.05) is 31.7 Å². The second-order valence-corrected chi connectivity index (χ2v) is 4.22. The van der Waals surface area contributed by atoms with E-state index in [1.54, 1.807) is 31.5 Å². The maximum absolute atomic E-state index is 11.8. The lowest BCUT2D eigenvalue weighted by Crippen LogP contribution is -2.25. The molecule has 1 aromatic heterocycles. The highest BCUT2D eigenvalue weighted by molar-refractivity contribution is 5.97. The summed E-state index contributed by atoms with van der Waals surface area (Å²) in [4.78, 5) is 26.9. The lowest BCUT2D eigenvalue weighted by molar-refractivity contribution is -0.142. The number of hydrogen-bond donors (Lipinski definition) is 2. The number of rotatable bonds is 8. The Morgan fingerprint density at radius 2 is 2.32 bits per heavy atom. The van der Waals surface area contributed by atoms with Crippen LogP contribution in [-0.2, 0) is 20.9 Å². The van der Waals surface area contributed by atoms with Gasteiger partial charge in [-0.05, 0) is 18.6 Å². The minimum absolute atomic E-state index is 0.0623. The monoisotopic (exact) mass is 302 g/mol. The third-order valence-corrected chi connectivity index (χ3v) is 2.57. The fourth-order valence-corrected chi connectivity index (χ4v) is 1.51. The van der Waals surface area contributed by atoms with Crippen molar-refractivity contribution < 1.29 is 14.3 Å². The van der Waals surface area contributed by atoms with Gasteiger partial charge in [0.15, 0.2) is 0 Å². The van der Waals surface area contributed by atoms with Crippen LogP contribution < -0.4 is 10.6 Å². The Kier molecular flexibility index (Phi) is 7.76. The first kappa shape index (κ1) is 17.2. The van der Waals surface area contributed by atoms with Crippen LogP contribution in [0.25, 0.3) is 0 Å². The summed E-state index contributed by atoms with van der Waals surface area (Å²) < 4.78 is 4.76. The van der Waals surface area contributed by atoms with E-state index in [1.165, 1.54) is 6.20 Å². The summed E-state index contributed by atoms with van der Waals surface area (Å²) in [5.74, 6) is -0.821. The van der Waals surface area contributed by atoms with Crippen molar-refractivity contribution in [3.63, 3.8) is 0 Å². The number of hydrogen-bond acceptors (Lipinski definition) is 6. The molecule has 1 aromatic rings. The number of nitriles is 1. The number of ether oxygens (including phenoxy) is 1. The largest absolute Gasteiger partial charge is 0.466 e. The van der Waals surface area contributed by atoms with Crippen molar-refractivity contribution in [1.82, 2.24) is 15.6 Å². The number of amides is 1. The first-order valence-electron chi connectivity index (χ1n) is 6.83. The Morgan fingerprint density at radius 3 is 2.95 bits per heavy atom. The van der Waals surface area contributed by atoms with Crippen LogP contribution >= 0.6 is 0 Å². The topological polar surface area (TPSA) is 104 Å². The standard InChI is InChI=1S/C15H18N4O3/c1-2-22-14(20)5-7-18-11-13(8-16)15(21)19-10-12-4-3-6-17-9-12/h3-4,6,9,11,18H,2,5,7,10H2,1H3,(H,19,21)/b13-11-. The van der Waals surface area contributed by atoms with Gasteiger partial charge in [-0.2, -0.15) is 5.26 Å². The number of carbonyl (C=O) groups is 2. The minimum Gasteiger partial charge on any atom is -0.466 e. The van der Waals surface area contributed by atoms with Crippen LogP contribution in [0, 0.1) is 11.3 Å². The molecule has 0 aliphatic carbocycles. The summed E-state index contributed by atoms with van der Waals surface area (Å²) in [5, 5.41) is 14.3. The van der Waals surface area contributed by atoms with Crippen LogP contribution in [-0.4, -0.2) is 30.0 Å². The van der Waals surface area contributed by atoms with Gasteiger partial charge in [0.1, 0.15) is 11.6 Å². The van der Waals surface area contributed by atoms with Gasteiger partial charge in [0.2, 0.25) is 0 Å². The summed E-state index contributed by atoms with van der Waals surface area (Å²) in [7, 11) is 0. The second-order valence-electron chi connectivity index (χ2n) is 4.22. The molecule has 0 aromatic carbocycles. The van der Waals surface area contributed by atoms with Gasteiger partial charge in [-0.1, -0.05) is 6.07 Å². The quantitative estimate of drug-likeness (QED) is 0.316. The van der Waals surface area contributed by atoms with Crippen LogP contribution in [0.2, 0.25) is 0 Å². The molecule has 0 spiro atoms. The summed E-state index contributed by atoms with van der Waals surface area (Å²) in [6, 6.07) is 5.39. The van der Waals surface area contributed by atoms with Crippen molar-refractivity contribution in [2.75, 3.05) is 13.2 Å². The zero-order valence-electron chi connectivity index (χ0n) is 12.3. The number of pyridine rings is 1. The van der Waals surface area contributed by atoms with Crippen molar-refractivity contribution >= 4 is 11.9 Å². The number of nitrogens with zero attached hydrogens (tertiary/aromatic N) is 2. The fourth-order valence-electron chi connectivity index (χ4n) is 1.51. The number of carbonyl (C=O) groups excluding carboxylic acids is 2. The van der Waals surface area contributed by atoms with Crippen LogP contribution in [0.15, 0.2) is 36.3 Å². The van der Waals surface area contributed by atoms with E-state index in [0.717, 1.165) is 5.56 Å². The van der Waals surface area contributed by atoms with Crippen molar-refractivity contribution in [2.45, 2.75) is 19.9 Å². The third kappa shape index (κ3) is 6.52. The zero-order chi connectivity index (χ0) is 16.2. The van der Waals surface area contributed by atoms with E-state index in [1.807, 2.05) is 6.07 Å². The Bertz CT molecular complexity index is 564. The highest BCUT2D eigenvalue weighted by Gasteiger charge is 2.08. The molecule has 116 valence electrons. The number of aromatic nitrogens is 1. The van der Waals surface area contributed by atoms with E-state index in [-0.39, 0.29) is 24.5 Å². The Labute approximate surface area is 129 Å². The van der Waals surface area contributed by atoms with Crippen LogP contribution in [0.4, 0.5) is 0 Å². The lowest BCUT2D eigenvalue weighted by atomic mass is 10.2. The maximum atomic E-state index is 11.8. The van der Waals surface area contributed by atoms with E-state index in [4.69, 9.17) is 10.00 Å². The predicted octanol–water partition coefficient (Wildman–Crippen LogP) is 0.648. The lowest BCUT2D eigenvalue weighted by Gasteiger charge is -2.05. The van der Waals surface area contributed by atoms with Gasteiger partial charge in [-0.15, -0.1) is 0 Å². The molecule has 1 amide bonds. The number of esters is 1. The summed E-state index contributed by atoms with van der Waals surface area (Å²) in [6.45, 7) is 2.63. The van der Waals surface area contributed by atoms with E-state index in [0.29, 0.717) is 13.2 Å². The molecule has 1 rings (SSSR count). The second kappa shape index (κ2) is 9.94. The van der Waals surface area contributed by atoms with E-state index in [2.05, 4.69) is 15.6 Å². The molecule has 0 saturated carbocycles. The highest BCUT2D eigenvalue weighted by Crippen LogP contribution is 1.97. The van der Waals surface area contributed by atoms with E-state index >= 15 is 0 Å². The van der Waals surface area contributed by atoms with E-state index < -0.39 is 5.91 Å². The SMILES string of the molecule is CCOC(=O)CCN/C=C(/C#N)C(=O)NCc1cccnc1. The molecule has 22 heavy (non-hydrogen) atoms.